The number of sulfonamides is 1. The summed E-state index contributed by atoms with van der Waals surface area (Å²) in [5, 5.41) is 0. The molecule has 0 saturated carbocycles. The van der Waals surface area contributed by atoms with E-state index in [0.717, 1.165) is 31.4 Å². The van der Waals surface area contributed by atoms with Gasteiger partial charge in [-0.2, -0.15) is 4.31 Å². The molecule has 0 aliphatic carbocycles. The molecule has 2 atom stereocenters. The molecule has 1 saturated heterocycles. The van der Waals surface area contributed by atoms with Gasteiger partial charge in [0.05, 0.1) is 5.69 Å². The monoisotopic (exact) mass is 286 g/mol. The molecule has 1 aliphatic heterocycles. The third-order valence-electron chi connectivity index (χ3n) is 3.71. The van der Waals surface area contributed by atoms with Gasteiger partial charge in [0.15, 0.2) is 0 Å². The zero-order valence-corrected chi connectivity index (χ0v) is 12.0. The zero-order chi connectivity index (χ0) is 14.2. The molecule has 0 radical (unpaired) electrons. The first kappa shape index (κ1) is 14.3. The fourth-order valence-electron chi connectivity index (χ4n) is 2.73. The summed E-state index contributed by atoms with van der Waals surface area (Å²) >= 11 is 0. The first-order valence-corrected chi connectivity index (χ1v) is 7.90. The predicted octanol–water partition coefficient (Wildman–Crippen LogP) is 2.36. The van der Waals surface area contributed by atoms with Crippen LogP contribution in [0.25, 0.3) is 0 Å². The van der Waals surface area contributed by atoms with E-state index in [0.29, 0.717) is 0 Å². The Labute approximate surface area is 113 Å². The van der Waals surface area contributed by atoms with Crippen molar-refractivity contribution in [3.63, 3.8) is 0 Å². The SMILES string of the molecule is CCC1CCC(C)N1S(=O)(=O)c1ccc(F)cc1N. The van der Waals surface area contributed by atoms with E-state index >= 15 is 0 Å². The number of nitrogens with zero attached hydrogens (tertiary/aromatic N) is 1. The van der Waals surface area contributed by atoms with Crippen molar-refractivity contribution in [1.82, 2.24) is 4.31 Å². The van der Waals surface area contributed by atoms with E-state index in [-0.39, 0.29) is 22.7 Å². The summed E-state index contributed by atoms with van der Waals surface area (Å²) in [6.45, 7) is 3.87. The maximum Gasteiger partial charge on any atom is 0.245 e. The molecule has 1 aromatic rings. The summed E-state index contributed by atoms with van der Waals surface area (Å²) < 4.78 is 39.9. The Hall–Kier alpha value is -1.14. The predicted molar refractivity (Wildman–Crippen MR) is 72.6 cm³/mol. The summed E-state index contributed by atoms with van der Waals surface area (Å²) in [6, 6.07) is 3.39. The van der Waals surface area contributed by atoms with Gasteiger partial charge in [0.25, 0.3) is 0 Å². The van der Waals surface area contributed by atoms with Gasteiger partial charge in [-0.3, -0.25) is 0 Å². The van der Waals surface area contributed by atoms with Gasteiger partial charge in [0.1, 0.15) is 10.7 Å². The molecule has 0 aromatic heterocycles. The molecular weight excluding hydrogens is 267 g/mol. The number of rotatable bonds is 3. The third-order valence-corrected chi connectivity index (χ3v) is 5.85. The van der Waals surface area contributed by atoms with Crippen LogP contribution < -0.4 is 5.73 Å². The molecule has 1 aromatic carbocycles. The highest BCUT2D eigenvalue weighted by atomic mass is 32.2. The van der Waals surface area contributed by atoms with E-state index in [2.05, 4.69) is 0 Å². The highest BCUT2D eigenvalue weighted by molar-refractivity contribution is 7.89. The molecule has 0 amide bonds. The van der Waals surface area contributed by atoms with Crippen molar-refractivity contribution in [3.8, 4) is 0 Å². The number of nitrogen functional groups attached to an aromatic ring is 1. The molecule has 0 spiro atoms. The summed E-state index contributed by atoms with van der Waals surface area (Å²) in [6.07, 6.45) is 2.47. The molecule has 6 heteroatoms. The van der Waals surface area contributed by atoms with Gasteiger partial charge in [0, 0.05) is 12.1 Å². The second-order valence-corrected chi connectivity index (χ2v) is 6.82. The first-order chi connectivity index (χ1) is 8.87. The van der Waals surface area contributed by atoms with Crippen LogP contribution >= 0.6 is 0 Å². The highest BCUT2D eigenvalue weighted by Gasteiger charge is 2.39. The molecule has 1 fully saturated rings. The minimum Gasteiger partial charge on any atom is -0.398 e. The number of hydrogen-bond donors (Lipinski definition) is 1. The van der Waals surface area contributed by atoms with E-state index in [9.17, 15) is 12.8 Å². The van der Waals surface area contributed by atoms with Gasteiger partial charge >= 0.3 is 0 Å². The second kappa shape index (κ2) is 5.09. The van der Waals surface area contributed by atoms with Crippen LogP contribution in [0.2, 0.25) is 0 Å². The molecule has 1 heterocycles. The molecule has 4 nitrogen and oxygen atoms in total. The maximum atomic E-state index is 13.0. The lowest BCUT2D eigenvalue weighted by Gasteiger charge is -2.27. The molecular formula is C13H19FN2O2S. The van der Waals surface area contributed by atoms with Gasteiger partial charge in [-0.05, 0) is 44.4 Å². The summed E-state index contributed by atoms with van der Waals surface area (Å²) in [7, 11) is -3.65. The normalized spacial score (nSPS) is 24.8. The lowest BCUT2D eigenvalue weighted by molar-refractivity contribution is 0.329. The van der Waals surface area contributed by atoms with Crippen molar-refractivity contribution in [3.05, 3.63) is 24.0 Å². The Morgan fingerprint density at radius 1 is 1.42 bits per heavy atom. The molecule has 19 heavy (non-hydrogen) atoms. The standard InChI is InChI=1S/C13H19FN2O2S/c1-3-11-6-4-9(2)16(11)19(17,18)13-7-5-10(14)8-12(13)15/h5,7-9,11H,3-4,6,15H2,1-2H3. The summed E-state index contributed by atoms with van der Waals surface area (Å²) in [5.74, 6) is -0.530. The van der Waals surface area contributed by atoms with Gasteiger partial charge in [0.2, 0.25) is 10.0 Å². The Morgan fingerprint density at radius 2 is 2.11 bits per heavy atom. The average molecular weight is 286 g/mol. The number of halogens is 1. The van der Waals surface area contributed by atoms with E-state index in [1.807, 2.05) is 13.8 Å². The molecule has 2 N–H and O–H groups in total. The first-order valence-electron chi connectivity index (χ1n) is 6.46. The van der Waals surface area contributed by atoms with E-state index in [1.54, 1.807) is 0 Å². The topological polar surface area (TPSA) is 63.4 Å². The smallest absolute Gasteiger partial charge is 0.245 e. The minimum atomic E-state index is -3.65. The summed E-state index contributed by atoms with van der Waals surface area (Å²) in [5.41, 5.74) is 5.63. The average Bonchev–Trinajstić information content (AvgIpc) is 2.70. The van der Waals surface area contributed by atoms with Gasteiger partial charge < -0.3 is 5.73 Å². The van der Waals surface area contributed by atoms with Crippen molar-refractivity contribution in [2.24, 2.45) is 0 Å². The lowest BCUT2D eigenvalue weighted by Crippen LogP contribution is -2.39. The van der Waals surface area contributed by atoms with E-state index in [4.69, 9.17) is 5.73 Å². The zero-order valence-electron chi connectivity index (χ0n) is 11.1. The van der Waals surface area contributed by atoms with E-state index in [1.165, 1.54) is 10.4 Å². The number of nitrogens with two attached hydrogens (primary N) is 1. The molecule has 1 aliphatic rings. The molecule has 2 unspecified atom stereocenters. The van der Waals surface area contributed by atoms with Crippen LogP contribution in [0.5, 0.6) is 0 Å². The largest absolute Gasteiger partial charge is 0.398 e. The lowest BCUT2D eigenvalue weighted by atomic mass is 10.2. The van der Waals surface area contributed by atoms with Crippen LogP contribution in [0.4, 0.5) is 10.1 Å². The number of benzene rings is 1. The van der Waals surface area contributed by atoms with Crippen LogP contribution in [0.3, 0.4) is 0 Å². The fourth-order valence-corrected chi connectivity index (χ4v) is 4.78. The van der Waals surface area contributed by atoms with E-state index < -0.39 is 15.8 Å². The highest BCUT2D eigenvalue weighted by Crippen LogP contribution is 2.34. The molecule has 106 valence electrons. The molecule has 0 bridgehead atoms. The quantitative estimate of drug-likeness (QED) is 0.868. The Bertz CT molecular complexity index is 574. The Balaban J connectivity index is 2.47. The van der Waals surface area contributed by atoms with Crippen LogP contribution in [-0.4, -0.2) is 24.8 Å². The Kier molecular flexibility index (Phi) is 3.82. The van der Waals surface area contributed by atoms with Crippen LogP contribution in [0.1, 0.15) is 33.1 Å². The minimum absolute atomic E-state index is 0.00102. The van der Waals surface area contributed by atoms with Crippen LogP contribution in [-0.2, 0) is 10.0 Å². The van der Waals surface area contributed by atoms with Crippen LogP contribution in [0.15, 0.2) is 23.1 Å². The fraction of sp³-hybridized carbons (Fsp3) is 0.538. The van der Waals surface area contributed by atoms with Gasteiger partial charge in [-0.15, -0.1) is 0 Å². The van der Waals surface area contributed by atoms with Crippen molar-refractivity contribution >= 4 is 15.7 Å². The van der Waals surface area contributed by atoms with Crippen molar-refractivity contribution in [2.75, 3.05) is 5.73 Å². The van der Waals surface area contributed by atoms with Crippen molar-refractivity contribution in [2.45, 2.75) is 50.1 Å². The van der Waals surface area contributed by atoms with Gasteiger partial charge in [-0.1, -0.05) is 6.92 Å². The summed E-state index contributed by atoms with van der Waals surface area (Å²) in [4.78, 5) is 0.00102. The Morgan fingerprint density at radius 3 is 2.68 bits per heavy atom. The van der Waals surface area contributed by atoms with Crippen molar-refractivity contribution in [1.29, 1.82) is 0 Å². The van der Waals surface area contributed by atoms with Gasteiger partial charge in [-0.25, -0.2) is 12.8 Å². The molecule has 2 rings (SSSR count). The third kappa shape index (κ3) is 2.47. The number of hydrogen-bond acceptors (Lipinski definition) is 3. The van der Waals surface area contributed by atoms with Crippen LogP contribution in [0, 0.1) is 5.82 Å². The maximum absolute atomic E-state index is 13.0. The van der Waals surface area contributed by atoms with Crippen molar-refractivity contribution < 1.29 is 12.8 Å². The second-order valence-electron chi connectivity index (χ2n) is 5.01. The number of anilines is 1.